The van der Waals surface area contributed by atoms with E-state index in [1.54, 1.807) is 6.92 Å². The van der Waals surface area contributed by atoms with Gasteiger partial charge in [0.1, 0.15) is 0 Å². The van der Waals surface area contributed by atoms with E-state index in [4.69, 9.17) is 5.11 Å². The Kier molecular flexibility index (Phi) is 2.69. The lowest BCUT2D eigenvalue weighted by Crippen LogP contribution is -2.49. The molecule has 6 heteroatoms. The smallest absolute Gasteiger partial charge is 0.328 e. The van der Waals surface area contributed by atoms with Crippen LogP contribution in [0.25, 0.3) is 0 Å². The van der Waals surface area contributed by atoms with Gasteiger partial charge in [-0.05, 0) is 13.3 Å². The summed E-state index contributed by atoms with van der Waals surface area (Å²) in [6.45, 7) is 1.51. The van der Waals surface area contributed by atoms with Crippen LogP contribution < -0.4 is 11.2 Å². The molecule has 2 rings (SSSR count). The Labute approximate surface area is 91.2 Å². The van der Waals surface area contributed by atoms with E-state index in [0.717, 1.165) is 0 Å². The van der Waals surface area contributed by atoms with Gasteiger partial charge < -0.3 is 10.2 Å². The number of aromatic nitrogens is 2. The highest BCUT2D eigenvalue weighted by Gasteiger charge is 2.41. The molecule has 1 fully saturated rings. The van der Waals surface area contributed by atoms with E-state index >= 15 is 0 Å². The predicted molar refractivity (Wildman–Crippen MR) is 56.3 cm³/mol. The van der Waals surface area contributed by atoms with E-state index in [0.29, 0.717) is 12.0 Å². The van der Waals surface area contributed by atoms with Crippen molar-refractivity contribution in [1.29, 1.82) is 0 Å². The minimum atomic E-state index is -0.639. The lowest BCUT2D eigenvalue weighted by molar-refractivity contribution is -0.0482. The molecule has 0 aliphatic heterocycles. The third-order valence-corrected chi connectivity index (χ3v) is 3.12. The Morgan fingerprint density at radius 3 is 2.81 bits per heavy atom. The summed E-state index contributed by atoms with van der Waals surface area (Å²) in [5.41, 5.74) is -0.552. The number of aromatic amines is 1. The predicted octanol–water partition coefficient (Wildman–Crippen LogP) is -1.24. The highest BCUT2D eigenvalue weighted by Crippen LogP contribution is 2.37. The quantitative estimate of drug-likeness (QED) is 0.587. The number of hydrogen-bond donors (Lipinski definition) is 3. The summed E-state index contributed by atoms with van der Waals surface area (Å²) in [6.07, 6.45) is 1.27. The minimum absolute atomic E-state index is 0.0770. The van der Waals surface area contributed by atoms with Crippen molar-refractivity contribution in [3.63, 3.8) is 0 Å². The minimum Gasteiger partial charge on any atom is -0.396 e. The number of aliphatic hydroxyl groups excluding tert-OH is 2. The molecule has 3 N–H and O–H groups in total. The van der Waals surface area contributed by atoms with Crippen LogP contribution in [0.5, 0.6) is 0 Å². The molecule has 0 saturated heterocycles. The first kappa shape index (κ1) is 11.1. The van der Waals surface area contributed by atoms with Crippen molar-refractivity contribution in [3.05, 3.63) is 32.6 Å². The van der Waals surface area contributed by atoms with E-state index in [1.165, 1.54) is 10.8 Å². The van der Waals surface area contributed by atoms with Crippen LogP contribution in [0.15, 0.2) is 15.8 Å². The number of aryl methyl sites for hydroxylation is 1. The molecule has 6 nitrogen and oxygen atoms in total. The molecule has 1 aliphatic rings. The zero-order chi connectivity index (χ0) is 11.9. The normalized spacial score (nSPS) is 28.8. The average Bonchev–Trinajstić information content (AvgIpc) is 2.22. The van der Waals surface area contributed by atoms with Gasteiger partial charge in [0.25, 0.3) is 5.56 Å². The summed E-state index contributed by atoms with van der Waals surface area (Å²) in [4.78, 5) is 24.9. The Morgan fingerprint density at radius 2 is 2.25 bits per heavy atom. The van der Waals surface area contributed by atoms with E-state index in [1.807, 2.05) is 0 Å². The molecular formula is C10H14N2O4. The van der Waals surface area contributed by atoms with Gasteiger partial charge in [0, 0.05) is 24.3 Å². The third kappa shape index (κ3) is 1.60. The molecule has 1 heterocycles. The summed E-state index contributed by atoms with van der Waals surface area (Å²) in [6, 6.07) is -0.437. The maximum absolute atomic E-state index is 11.5. The first-order chi connectivity index (χ1) is 7.54. The molecule has 1 aromatic rings. The Bertz CT molecular complexity index is 504. The van der Waals surface area contributed by atoms with E-state index < -0.39 is 23.4 Å². The highest BCUT2D eigenvalue weighted by molar-refractivity contribution is 5.05. The number of hydrogen-bond acceptors (Lipinski definition) is 4. The van der Waals surface area contributed by atoms with Crippen LogP contribution in [0.2, 0.25) is 0 Å². The number of rotatable bonds is 2. The van der Waals surface area contributed by atoms with Gasteiger partial charge in [0.15, 0.2) is 0 Å². The number of aliphatic hydroxyl groups is 2. The Hall–Kier alpha value is -1.40. The summed E-state index contributed by atoms with van der Waals surface area (Å²) in [7, 11) is 0. The lowest BCUT2D eigenvalue weighted by atomic mass is 9.77. The molecule has 0 amide bonds. The molecule has 0 bridgehead atoms. The van der Waals surface area contributed by atoms with Gasteiger partial charge in [0.2, 0.25) is 0 Å². The van der Waals surface area contributed by atoms with Crippen LogP contribution in [0, 0.1) is 12.8 Å². The van der Waals surface area contributed by atoms with E-state index in [2.05, 4.69) is 4.98 Å². The molecule has 3 atom stereocenters. The summed E-state index contributed by atoms with van der Waals surface area (Å²) < 4.78 is 1.30. The van der Waals surface area contributed by atoms with Crippen molar-refractivity contribution >= 4 is 0 Å². The molecule has 1 saturated carbocycles. The Balaban J connectivity index is 2.44. The van der Waals surface area contributed by atoms with Crippen molar-refractivity contribution in [3.8, 4) is 0 Å². The van der Waals surface area contributed by atoms with Crippen LogP contribution in [0.3, 0.4) is 0 Å². The van der Waals surface area contributed by atoms with Crippen molar-refractivity contribution in [2.75, 3.05) is 6.61 Å². The first-order valence-corrected chi connectivity index (χ1v) is 5.15. The van der Waals surface area contributed by atoms with Crippen molar-refractivity contribution in [2.24, 2.45) is 5.92 Å². The standard InChI is InChI=1S/C10H14N2O4/c1-5-3-12(10(16)11-9(5)15)8-6(4-13)2-7(8)14/h3,6-8,13-14H,2,4H2,1H3,(H,11,15,16)/t6-,7-,8+/m1/s1. The fourth-order valence-electron chi connectivity index (χ4n) is 2.11. The third-order valence-electron chi connectivity index (χ3n) is 3.12. The highest BCUT2D eigenvalue weighted by atomic mass is 16.3. The van der Waals surface area contributed by atoms with Gasteiger partial charge >= 0.3 is 5.69 Å². The molecule has 1 aliphatic carbocycles. The van der Waals surface area contributed by atoms with Gasteiger partial charge in [0.05, 0.1) is 12.1 Å². The first-order valence-electron chi connectivity index (χ1n) is 5.15. The second-order valence-corrected chi connectivity index (χ2v) is 4.21. The van der Waals surface area contributed by atoms with Crippen molar-refractivity contribution < 1.29 is 10.2 Å². The summed E-state index contributed by atoms with van der Waals surface area (Å²) in [5.74, 6) is -0.127. The maximum atomic E-state index is 11.5. The van der Waals surface area contributed by atoms with Gasteiger partial charge in [-0.15, -0.1) is 0 Å². The molecule has 0 spiro atoms. The topological polar surface area (TPSA) is 95.3 Å². The lowest BCUT2D eigenvalue weighted by Gasteiger charge is -2.41. The van der Waals surface area contributed by atoms with Crippen LogP contribution in [-0.4, -0.2) is 32.5 Å². The second kappa shape index (κ2) is 3.88. The number of nitrogens with one attached hydrogen (secondary N) is 1. The summed E-state index contributed by atoms with van der Waals surface area (Å²) in [5, 5.41) is 18.6. The zero-order valence-corrected chi connectivity index (χ0v) is 8.88. The second-order valence-electron chi connectivity index (χ2n) is 4.21. The summed E-state index contributed by atoms with van der Waals surface area (Å²) >= 11 is 0. The SMILES string of the molecule is Cc1cn([C@H]2[C@@H](CO)C[C@H]2O)c(=O)[nH]c1=O. The number of H-pyrrole nitrogens is 1. The van der Waals surface area contributed by atoms with E-state index in [9.17, 15) is 14.7 Å². The largest absolute Gasteiger partial charge is 0.396 e. The molecule has 1 aromatic heterocycles. The van der Waals surface area contributed by atoms with Crippen molar-refractivity contribution in [2.45, 2.75) is 25.5 Å². The van der Waals surface area contributed by atoms with Crippen LogP contribution in [0.1, 0.15) is 18.0 Å². The molecule has 0 aromatic carbocycles. The molecule has 0 radical (unpaired) electrons. The van der Waals surface area contributed by atoms with Gasteiger partial charge in [-0.1, -0.05) is 0 Å². The van der Waals surface area contributed by atoms with Crippen LogP contribution in [-0.2, 0) is 0 Å². The van der Waals surface area contributed by atoms with E-state index in [-0.39, 0.29) is 12.5 Å². The van der Waals surface area contributed by atoms with Gasteiger partial charge in [-0.2, -0.15) is 0 Å². The van der Waals surface area contributed by atoms with Gasteiger partial charge in [-0.3, -0.25) is 14.3 Å². The van der Waals surface area contributed by atoms with Crippen LogP contribution >= 0.6 is 0 Å². The molecule has 88 valence electrons. The number of nitrogens with zero attached hydrogens (tertiary/aromatic N) is 1. The fourth-order valence-corrected chi connectivity index (χ4v) is 2.11. The van der Waals surface area contributed by atoms with Crippen LogP contribution in [0.4, 0.5) is 0 Å². The molecular weight excluding hydrogens is 212 g/mol. The average molecular weight is 226 g/mol. The fraction of sp³-hybridized carbons (Fsp3) is 0.600. The Morgan fingerprint density at radius 1 is 1.56 bits per heavy atom. The zero-order valence-electron chi connectivity index (χ0n) is 8.88. The molecule has 0 unspecified atom stereocenters. The molecule has 16 heavy (non-hydrogen) atoms. The van der Waals surface area contributed by atoms with Crippen molar-refractivity contribution in [1.82, 2.24) is 9.55 Å². The monoisotopic (exact) mass is 226 g/mol. The van der Waals surface area contributed by atoms with Gasteiger partial charge in [-0.25, -0.2) is 4.79 Å². The maximum Gasteiger partial charge on any atom is 0.328 e.